The molecule has 0 aliphatic carbocycles. The zero-order valence-corrected chi connectivity index (χ0v) is 15.2. The fourth-order valence-electron chi connectivity index (χ4n) is 2.71. The van der Waals surface area contributed by atoms with Crippen LogP contribution in [0.2, 0.25) is 5.02 Å². The highest BCUT2D eigenvalue weighted by Gasteiger charge is 2.25. The Hall–Kier alpha value is -1.79. The van der Waals surface area contributed by atoms with Crippen molar-refractivity contribution < 1.29 is 13.9 Å². The maximum atomic E-state index is 13.5. The van der Waals surface area contributed by atoms with Gasteiger partial charge in [0, 0.05) is 23.6 Å². The summed E-state index contributed by atoms with van der Waals surface area (Å²) >= 11 is 9.51. The number of nitrogens with zero attached hydrogens (tertiary/aromatic N) is 1. The van der Waals surface area contributed by atoms with Gasteiger partial charge in [-0.25, -0.2) is 9.18 Å². The average Bonchev–Trinajstić information content (AvgIpc) is 2.95. The van der Waals surface area contributed by atoms with Crippen LogP contribution in [0.5, 0.6) is 5.75 Å². The first-order valence-corrected chi connectivity index (χ1v) is 8.52. The Balaban J connectivity index is 1.71. The highest BCUT2D eigenvalue weighted by Crippen LogP contribution is 2.35. The standard InChI is InChI=1S/C17H15BrClFN2O2/c1-24-13-5-10(4-12(20)7-13)9-21-17(23)22-3-2-11-6-14(18)15(19)8-16(11)22/h4-8H,2-3,9H2,1H3,(H,21,23). The predicted molar refractivity (Wildman–Crippen MR) is 95.4 cm³/mol. The van der Waals surface area contributed by atoms with Crippen LogP contribution in [0.4, 0.5) is 14.9 Å². The van der Waals surface area contributed by atoms with E-state index in [0.29, 0.717) is 22.9 Å². The number of methoxy groups -OCH3 is 1. The number of fused-ring (bicyclic) bond motifs is 1. The zero-order valence-electron chi connectivity index (χ0n) is 12.9. The molecule has 7 heteroatoms. The van der Waals surface area contributed by atoms with E-state index in [4.69, 9.17) is 16.3 Å². The minimum atomic E-state index is -0.401. The number of amides is 2. The second-order valence-electron chi connectivity index (χ2n) is 5.45. The van der Waals surface area contributed by atoms with Crippen molar-refractivity contribution >= 4 is 39.2 Å². The molecule has 4 nitrogen and oxygen atoms in total. The summed E-state index contributed by atoms with van der Waals surface area (Å²) in [5.41, 5.74) is 2.50. The molecule has 0 unspecified atom stereocenters. The SMILES string of the molecule is COc1cc(F)cc(CNC(=O)N2CCc3cc(Br)c(Cl)cc32)c1. The number of benzene rings is 2. The molecule has 126 valence electrons. The van der Waals surface area contributed by atoms with Crippen molar-refractivity contribution in [3.05, 3.63) is 56.8 Å². The van der Waals surface area contributed by atoms with E-state index < -0.39 is 5.82 Å². The van der Waals surface area contributed by atoms with Crippen molar-refractivity contribution in [1.82, 2.24) is 5.32 Å². The molecule has 2 aromatic carbocycles. The number of carbonyl (C=O) groups is 1. The molecule has 0 spiro atoms. The molecule has 2 amide bonds. The number of urea groups is 1. The van der Waals surface area contributed by atoms with Crippen molar-refractivity contribution in [2.75, 3.05) is 18.6 Å². The number of nitrogens with one attached hydrogen (secondary N) is 1. The topological polar surface area (TPSA) is 41.6 Å². The lowest BCUT2D eigenvalue weighted by Gasteiger charge is -2.18. The van der Waals surface area contributed by atoms with Gasteiger partial charge < -0.3 is 10.1 Å². The van der Waals surface area contributed by atoms with Crippen molar-refractivity contribution in [2.24, 2.45) is 0 Å². The van der Waals surface area contributed by atoms with Crippen molar-refractivity contribution in [1.29, 1.82) is 0 Å². The van der Waals surface area contributed by atoms with Crippen LogP contribution in [-0.4, -0.2) is 19.7 Å². The van der Waals surface area contributed by atoms with E-state index in [1.165, 1.54) is 19.2 Å². The normalized spacial score (nSPS) is 12.9. The molecule has 0 saturated heterocycles. The van der Waals surface area contributed by atoms with Gasteiger partial charge in [-0.15, -0.1) is 0 Å². The zero-order chi connectivity index (χ0) is 17.3. The molecule has 0 aromatic heterocycles. The average molecular weight is 414 g/mol. The maximum absolute atomic E-state index is 13.5. The number of anilines is 1. The van der Waals surface area contributed by atoms with Gasteiger partial charge in [-0.1, -0.05) is 11.6 Å². The first kappa shape index (κ1) is 17.0. The van der Waals surface area contributed by atoms with E-state index in [9.17, 15) is 9.18 Å². The number of hydrogen-bond acceptors (Lipinski definition) is 2. The van der Waals surface area contributed by atoms with Gasteiger partial charge in [0.1, 0.15) is 11.6 Å². The van der Waals surface area contributed by atoms with E-state index in [-0.39, 0.29) is 12.6 Å². The number of rotatable bonds is 3. The van der Waals surface area contributed by atoms with Crippen LogP contribution in [0.1, 0.15) is 11.1 Å². The van der Waals surface area contributed by atoms with Crippen molar-refractivity contribution in [2.45, 2.75) is 13.0 Å². The molecule has 0 bridgehead atoms. The second kappa shape index (κ2) is 6.99. The molecule has 1 aliphatic heterocycles. The molecule has 0 atom stereocenters. The van der Waals surface area contributed by atoms with Crippen LogP contribution in [0.15, 0.2) is 34.8 Å². The Morgan fingerprint density at radius 2 is 2.17 bits per heavy atom. The van der Waals surface area contributed by atoms with Gasteiger partial charge in [-0.3, -0.25) is 4.90 Å². The lowest BCUT2D eigenvalue weighted by molar-refractivity contribution is 0.246. The number of carbonyl (C=O) groups excluding carboxylic acids is 1. The van der Waals surface area contributed by atoms with Crippen molar-refractivity contribution in [3.8, 4) is 5.75 Å². The summed E-state index contributed by atoms with van der Waals surface area (Å²) in [6.45, 7) is 0.795. The van der Waals surface area contributed by atoms with E-state index in [1.807, 2.05) is 6.07 Å². The minimum Gasteiger partial charge on any atom is -0.497 e. The summed E-state index contributed by atoms with van der Waals surface area (Å²) < 4.78 is 19.3. The summed E-state index contributed by atoms with van der Waals surface area (Å²) in [6.07, 6.45) is 0.770. The van der Waals surface area contributed by atoms with E-state index >= 15 is 0 Å². The van der Waals surface area contributed by atoms with Gasteiger partial charge in [0.25, 0.3) is 0 Å². The van der Waals surface area contributed by atoms with Gasteiger partial charge in [0.05, 0.1) is 17.8 Å². The summed E-state index contributed by atoms with van der Waals surface area (Å²) in [7, 11) is 1.47. The molecule has 0 radical (unpaired) electrons. The highest BCUT2D eigenvalue weighted by molar-refractivity contribution is 9.10. The predicted octanol–water partition coefficient (Wildman–Crippen LogP) is 4.52. The number of ether oxygens (including phenoxy) is 1. The third-order valence-corrected chi connectivity index (χ3v) is 5.07. The van der Waals surface area contributed by atoms with E-state index in [1.54, 1.807) is 17.0 Å². The summed E-state index contributed by atoms with van der Waals surface area (Å²) in [5.74, 6) is 0.0177. The molecule has 0 fully saturated rings. The molecular weight excluding hydrogens is 399 g/mol. The Labute approximate surface area is 152 Å². The first-order chi connectivity index (χ1) is 11.5. The number of hydrogen-bond donors (Lipinski definition) is 1. The molecule has 3 rings (SSSR count). The Kier molecular flexibility index (Phi) is 4.96. The molecule has 1 aliphatic rings. The molecular formula is C17H15BrClFN2O2. The lowest BCUT2D eigenvalue weighted by atomic mass is 10.2. The molecule has 2 aromatic rings. The van der Waals surface area contributed by atoms with Gasteiger partial charge >= 0.3 is 6.03 Å². The van der Waals surface area contributed by atoms with Crippen LogP contribution in [0.25, 0.3) is 0 Å². The van der Waals surface area contributed by atoms with E-state index in [0.717, 1.165) is 22.1 Å². The molecule has 24 heavy (non-hydrogen) atoms. The Morgan fingerprint density at radius 3 is 2.92 bits per heavy atom. The van der Waals surface area contributed by atoms with Crippen LogP contribution in [0, 0.1) is 5.82 Å². The highest BCUT2D eigenvalue weighted by atomic mass is 79.9. The van der Waals surface area contributed by atoms with Gasteiger partial charge in [0.15, 0.2) is 0 Å². The van der Waals surface area contributed by atoms with Crippen LogP contribution in [-0.2, 0) is 13.0 Å². The third kappa shape index (κ3) is 3.49. The largest absolute Gasteiger partial charge is 0.497 e. The first-order valence-electron chi connectivity index (χ1n) is 7.34. The number of halogens is 3. The van der Waals surface area contributed by atoms with Gasteiger partial charge in [-0.05, 0) is 57.7 Å². The third-order valence-electron chi connectivity index (χ3n) is 3.87. The van der Waals surface area contributed by atoms with Crippen LogP contribution >= 0.6 is 27.5 Å². The molecule has 0 saturated carbocycles. The molecule has 1 N–H and O–H groups in total. The van der Waals surface area contributed by atoms with Crippen LogP contribution in [0.3, 0.4) is 0 Å². The smallest absolute Gasteiger partial charge is 0.322 e. The lowest BCUT2D eigenvalue weighted by Crippen LogP contribution is -2.38. The fourth-order valence-corrected chi connectivity index (χ4v) is 3.26. The van der Waals surface area contributed by atoms with Crippen LogP contribution < -0.4 is 15.0 Å². The minimum absolute atomic E-state index is 0.211. The van der Waals surface area contributed by atoms with E-state index in [2.05, 4.69) is 21.2 Å². The summed E-state index contributed by atoms with van der Waals surface area (Å²) in [6, 6.07) is 7.82. The second-order valence-corrected chi connectivity index (χ2v) is 6.72. The van der Waals surface area contributed by atoms with Gasteiger partial charge in [0.2, 0.25) is 0 Å². The van der Waals surface area contributed by atoms with Gasteiger partial charge in [-0.2, -0.15) is 0 Å². The molecule has 1 heterocycles. The fraction of sp³-hybridized carbons (Fsp3) is 0.235. The summed E-state index contributed by atoms with van der Waals surface area (Å²) in [5, 5.41) is 3.36. The Bertz CT molecular complexity index is 800. The monoisotopic (exact) mass is 412 g/mol. The van der Waals surface area contributed by atoms with Crippen molar-refractivity contribution in [3.63, 3.8) is 0 Å². The quantitative estimate of drug-likeness (QED) is 0.804. The maximum Gasteiger partial charge on any atom is 0.322 e. The Morgan fingerprint density at radius 1 is 1.38 bits per heavy atom. The summed E-state index contributed by atoms with van der Waals surface area (Å²) in [4.78, 5) is 14.1.